The summed E-state index contributed by atoms with van der Waals surface area (Å²) in [6.45, 7) is 0.500. The first-order valence-corrected chi connectivity index (χ1v) is 18.9. The number of nitrogens with zero attached hydrogens (tertiary/aromatic N) is 2. The number of piperazine rings is 1. The van der Waals surface area contributed by atoms with Gasteiger partial charge in [-0.2, -0.15) is 0 Å². The van der Waals surface area contributed by atoms with Crippen molar-refractivity contribution >= 4 is 16.0 Å². The first-order chi connectivity index (χ1) is 25.5. The molecule has 0 bridgehead atoms. The normalized spacial score (nSPS) is 17.1. The molecule has 1 aliphatic heterocycles. The Hall–Kier alpha value is -3.02. The summed E-state index contributed by atoms with van der Waals surface area (Å²) in [4.78, 5) is 18.3. The molecule has 1 saturated heterocycles. The maximum absolute atomic E-state index is 14.6. The van der Waals surface area contributed by atoms with Gasteiger partial charge in [0.1, 0.15) is 22.3 Å². The molecule has 0 aliphatic carbocycles. The van der Waals surface area contributed by atoms with Gasteiger partial charge in [0.05, 0.1) is 33.0 Å². The summed E-state index contributed by atoms with van der Waals surface area (Å²) < 4.78 is 63.1. The third-order valence-electron chi connectivity index (χ3n) is 9.12. The van der Waals surface area contributed by atoms with E-state index in [2.05, 4.69) is 4.90 Å². The summed E-state index contributed by atoms with van der Waals surface area (Å²) in [5, 5.41) is 23.8. The summed E-state index contributed by atoms with van der Waals surface area (Å²) in [6, 6.07) is 35.9. The van der Waals surface area contributed by atoms with Crippen molar-refractivity contribution in [1.29, 1.82) is 0 Å². The zero-order valence-electron chi connectivity index (χ0n) is 30.7. The molecule has 1 fully saturated rings. The quantitative estimate of drug-likeness (QED) is 0.100. The number of likely N-dealkylation sites (N-methyl/N-ethyl adjacent to an activating group) is 1. The zero-order valence-corrected chi connectivity index (χ0v) is 33.5. The van der Waals surface area contributed by atoms with Crippen molar-refractivity contribution < 1.29 is 76.5 Å². The molecule has 0 saturated carbocycles. The summed E-state index contributed by atoms with van der Waals surface area (Å²) >= 11 is 0. The molecule has 5 atom stereocenters. The van der Waals surface area contributed by atoms with E-state index in [0.29, 0.717) is 42.9 Å². The van der Waals surface area contributed by atoms with Gasteiger partial charge in [-0.3, -0.25) is 4.79 Å². The van der Waals surface area contributed by atoms with Crippen molar-refractivity contribution in [2.75, 3.05) is 39.8 Å². The van der Waals surface area contributed by atoms with Crippen LogP contribution in [-0.2, 0) is 60.3 Å². The number of benzene rings is 4. The average molecular weight is 771 g/mol. The molecule has 54 heavy (non-hydrogen) atoms. The van der Waals surface area contributed by atoms with Gasteiger partial charge in [0.15, 0.2) is 17.1 Å². The monoisotopic (exact) mass is 770 g/mol. The topological polar surface area (TPSA) is 158 Å². The van der Waals surface area contributed by atoms with Gasteiger partial charge < -0.3 is 43.5 Å². The molecule has 4 aromatic carbocycles. The standard InChI is InChI=1S/C40H48N2O10S.Na/c1-41-22-24-42(25-23-41)38(43)36(51-28-33-18-10-4-11-19-33)35(50-27-32-16-8-3-9-17-32)37(52-29-34-20-12-5-13-21-34)40(45,39(44)53(46,47)48)30-49-26-31-14-6-2-7-15-31;/h2-21,35-37,39,44-45H,22-30H2,1H3,(H,46,47,48);/q;+1/p-1/t35-,36-,37+,39?,40+;/m1./s1. The summed E-state index contributed by atoms with van der Waals surface area (Å²) in [5.74, 6) is -0.493. The molecule has 2 N–H and O–H groups in total. The molecule has 5 rings (SSSR count). The van der Waals surface area contributed by atoms with E-state index < -0.39 is 52.0 Å². The van der Waals surface area contributed by atoms with Crippen LogP contribution in [0, 0.1) is 0 Å². The minimum Gasteiger partial charge on any atom is -0.746 e. The first-order valence-electron chi connectivity index (χ1n) is 17.5. The van der Waals surface area contributed by atoms with E-state index >= 15 is 0 Å². The van der Waals surface area contributed by atoms with Crippen LogP contribution in [0.5, 0.6) is 0 Å². The average Bonchev–Trinajstić information content (AvgIpc) is 3.17. The van der Waals surface area contributed by atoms with E-state index in [4.69, 9.17) is 18.9 Å². The van der Waals surface area contributed by atoms with Crippen molar-refractivity contribution in [3.05, 3.63) is 144 Å². The largest absolute Gasteiger partial charge is 1.00 e. The fraction of sp³-hybridized carbons (Fsp3) is 0.375. The van der Waals surface area contributed by atoms with Crippen LogP contribution in [0.3, 0.4) is 0 Å². The Labute approximate surface area is 339 Å². The van der Waals surface area contributed by atoms with Crippen molar-refractivity contribution in [2.24, 2.45) is 0 Å². The van der Waals surface area contributed by atoms with Crippen molar-refractivity contribution in [3.8, 4) is 0 Å². The number of carbonyl (C=O) groups is 1. The fourth-order valence-corrected chi connectivity index (χ4v) is 6.81. The van der Waals surface area contributed by atoms with Gasteiger partial charge in [-0.25, -0.2) is 8.42 Å². The minimum absolute atomic E-state index is 0. The molecular formula is C40H47N2NaO10S. The van der Waals surface area contributed by atoms with Crippen LogP contribution in [0.4, 0.5) is 0 Å². The van der Waals surface area contributed by atoms with Crippen LogP contribution in [0.15, 0.2) is 121 Å². The van der Waals surface area contributed by atoms with Crippen LogP contribution >= 0.6 is 0 Å². The van der Waals surface area contributed by atoms with Crippen LogP contribution in [0.25, 0.3) is 0 Å². The maximum atomic E-state index is 14.6. The molecule has 0 radical (unpaired) electrons. The van der Waals surface area contributed by atoms with E-state index in [1.165, 1.54) is 0 Å². The molecule has 1 amide bonds. The van der Waals surface area contributed by atoms with Crippen LogP contribution in [0.2, 0.25) is 0 Å². The van der Waals surface area contributed by atoms with E-state index in [-0.39, 0.29) is 56.0 Å². The molecule has 14 heteroatoms. The summed E-state index contributed by atoms with van der Waals surface area (Å²) in [6.07, 6.45) is -4.97. The van der Waals surface area contributed by atoms with E-state index in [1.54, 1.807) is 83.8 Å². The van der Waals surface area contributed by atoms with Gasteiger partial charge in [0.2, 0.25) is 0 Å². The van der Waals surface area contributed by atoms with Crippen LogP contribution in [-0.4, -0.2) is 108 Å². The fourth-order valence-electron chi connectivity index (χ4n) is 6.11. The number of ether oxygens (including phenoxy) is 4. The molecule has 1 unspecified atom stereocenters. The Kier molecular flexibility index (Phi) is 17.3. The zero-order chi connectivity index (χ0) is 37.7. The second kappa shape index (κ2) is 21.3. The number of aliphatic hydroxyl groups is 2. The van der Waals surface area contributed by atoms with Crippen molar-refractivity contribution in [1.82, 2.24) is 9.80 Å². The van der Waals surface area contributed by atoms with Gasteiger partial charge in [-0.1, -0.05) is 121 Å². The van der Waals surface area contributed by atoms with Crippen molar-refractivity contribution in [3.63, 3.8) is 0 Å². The number of aliphatic hydroxyl groups excluding tert-OH is 1. The number of amides is 1. The van der Waals surface area contributed by atoms with Crippen LogP contribution in [0.1, 0.15) is 22.3 Å². The van der Waals surface area contributed by atoms with Gasteiger partial charge in [-0.15, -0.1) is 0 Å². The Bertz CT molecular complexity index is 1790. The Morgan fingerprint density at radius 3 is 1.56 bits per heavy atom. The molecule has 1 heterocycles. The third-order valence-corrected chi connectivity index (χ3v) is 10.1. The smallest absolute Gasteiger partial charge is 0.746 e. The second-order valence-corrected chi connectivity index (χ2v) is 14.6. The van der Waals surface area contributed by atoms with Gasteiger partial charge in [-0.05, 0) is 29.3 Å². The molecule has 1 aliphatic rings. The molecule has 0 aromatic heterocycles. The number of rotatable bonds is 19. The number of hydrogen-bond donors (Lipinski definition) is 2. The Morgan fingerprint density at radius 1 is 0.704 bits per heavy atom. The van der Waals surface area contributed by atoms with E-state index in [9.17, 15) is 28.0 Å². The summed E-state index contributed by atoms with van der Waals surface area (Å²) in [5.41, 5.74) is -3.20. The third kappa shape index (κ3) is 12.5. The summed E-state index contributed by atoms with van der Waals surface area (Å²) in [7, 11) is -3.66. The first kappa shape index (κ1) is 43.7. The molecule has 12 nitrogen and oxygen atoms in total. The number of hydrogen-bond acceptors (Lipinski definition) is 11. The maximum Gasteiger partial charge on any atom is 1.00 e. The second-order valence-electron chi connectivity index (χ2n) is 13.1. The Morgan fingerprint density at radius 2 is 1.11 bits per heavy atom. The van der Waals surface area contributed by atoms with E-state index in [0.717, 1.165) is 5.56 Å². The van der Waals surface area contributed by atoms with E-state index in [1.807, 2.05) is 49.5 Å². The molecule has 4 aromatic rings. The SMILES string of the molecule is CN1CCN(C(=O)[C@H](OCc2ccccc2)[C@@H](OCc2ccccc2)[C@H](OCc2ccccc2)[C@@](O)(COCc2ccccc2)C(O)S(=O)(=O)[O-])CC1.[Na+]. The molecule has 0 spiro atoms. The van der Waals surface area contributed by atoms with Gasteiger partial charge in [0.25, 0.3) is 5.91 Å². The molecular weight excluding hydrogens is 724 g/mol. The molecule has 284 valence electrons. The minimum atomic E-state index is -5.61. The number of carbonyl (C=O) groups excluding carboxylic acids is 1. The predicted molar refractivity (Wildman–Crippen MR) is 196 cm³/mol. The van der Waals surface area contributed by atoms with Crippen LogP contribution < -0.4 is 29.6 Å². The predicted octanol–water partition coefficient (Wildman–Crippen LogP) is 0.332. The Balaban J connectivity index is 0.00000650. The van der Waals surface area contributed by atoms with Gasteiger partial charge in [0, 0.05) is 26.2 Å². The van der Waals surface area contributed by atoms with Gasteiger partial charge >= 0.3 is 29.6 Å². The van der Waals surface area contributed by atoms with Crippen molar-refractivity contribution in [2.45, 2.75) is 55.8 Å².